The van der Waals surface area contributed by atoms with Gasteiger partial charge in [0.2, 0.25) is 12.9 Å². The summed E-state index contributed by atoms with van der Waals surface area (Å²) in [6.07, 6.45) is 6.90. The summed E-state index contributed by atoms with van der Waals surface area (Å²) in [6, 6.07) is 2.85. The number of likely N-dealkylation sites (tertiary alicyclic amines) is 9. The number of rotatable bonds is 28. The van der Waals surface area contributed by atoms with Crippen LogP contribution < -0.4 is 0 Å². The Bertz CT molecular complexity index is 2550. The summed E-state index contributed by atoms with van der Waals surface area (Å²) in [5.41, 5.74) is -1.26. The number of ether oxygens (including phenoxy) is 10. The van der Waals surface area contributed by atoms with Crippen molar-refractivity contribution in [2.45, 2.75) is 391 Å². The van der Waals surface area contributed by atoms with E-state index >= 15 is 0 Å². The monoisotopic (exact) mass is 1890 g/mol. The molecule has 0 radical (unpaired) electrons. The molecule has 0 aliphatic carbocycles. The van der Waals surface area contributed by atoms with E-state index in [1.807, 2.05) is 98.4 Å². The molecule has 0 aromatic carbocycles. The fourth-order valence-corrected chi connectivity index (χ4v) is 15.3. The predicted octanol–water partition coefficient (Wildman–Crippen LogP) is 18.5. The maximum Gasteiger partial charge on any atom is 0.245 e. The molecule has 131 heavy (non-hydrogen) atoms. The van der Waals surface area contributed by atoms with Gasteiger partial charge < -0.3 is 101 Å². The molecular formula is C104H221F5N12O10. The van der Waals surface area contributed by atoms with Crippen LogP contribution in [0.1, 0.15) is 272 Å². The SMILES string of the molecule is CC(C)N1CC(N(C)C)C1.CC(C)OCCCN(C)C.CC(C)OCCN(C)C.CC(C)O[C@@H]1CN(C)C[C@H]1C(F)F.CC(C)O[C@H]1CN(C)C[C@@H]1C(F)F.CCC.CN1CCC[C@@H]1COC(C)(C)C.CN1CCC[C@H]1COC(C)(C)C.CN1CC[C@@H](COC(C)(C)C)C1.CN1CC[C@@](F)(COC(C)(C)C)C1.CN1CC[C@H](COC(C)(C)C)C1.C[C@H]1CN(C)C[C@@H]1OC(C)(C)C. The second-order valence-electron chi connectivity index (χ2n) is 47.1. The summed E-state index contributed by atoms with van der Waals surface area (Å²) in [5.74, 6) is 0.956. The number of hydrogen-bond acceptors (Lipinski definition) is 22. The molecule has 9 aliphatic rings. The second kappa shape index (κ2) is 68.8. The highest BCUT2D eigenvalue weighted by Crippen LogP contribution is 2.31. The van der Waals surface area contributed by atoms with Gasteiger partial charge in [0.05, 0.1) is 128 Å². The third-order valence-corrected chi connectivity index (χ3v) is 22.8. The van der Waals surface area contributed by atoms with E-state index in [1.165, 1.54) is 104 Å². The largest absolute Gasteiger partial charge is 0.379 e. The van der Waals surface area contributed by atoms with E-state index in [2.05, 4.69) is 274 Å². The zero-order valence-corrected chi connectivity index (χ0v) is 94.3. The Morgan fingerprint density at radius 3 is 1.02 bits per heavy atom. The summed E-state index contributed by atoms with van der Waals surface area (Å²) in [4.78, 5) is 26.7. The van der Waals surface area contributed by atoms with Gasteiger partial charge in [0.25, 0.3) is 0 Å². The highest BCUT2D eigenvalue weighted by molar-refractivity contribution is 4.92. The van der Waals surface area contributed by atoms with Crippen LogP contribution in [0.4, 0.5) is 22.0 Å². The van der Waals surface area contributed by atoms with E-state index in [9.17, 15) is 22.0 Å². The smallest absolute Gasteiger partial charge is 0.245 e. The van der Waals surface area contributed by atoms with Crippen molar-refractivity contribution in [3.63, 3.8) is 0 Å². The van der Waals surface area contributed by atoms with Gasteiger partial charge in [-0.25, -0.2) is 22.0 Å². The standard InChI is InChI=1S/C10H20FNO.5C10H21NO.2C9H17F2NO.C8H18N2.C8H19NO.C7H17NO.C3H8/c1-9(2,3)13-8-10(11)5-6-12(4)7-10;1-8-6-11(5)7-9(8)12-10(2,3)4;2*1-10(2,3)12-8-9-5-6-11(4)7-9;2*1-10(2,3)12-8-9-6-5-7-11(9)4;2*1-6(2)13-8-5-12(3)4-7(8)9(10)11;1-7(2)10-5-8(6-10)9(3)4;1-8(2)10-7-5-6-9(3)4;1-7(2)9-6-5-8(3)4;1-3-2/h5-8H2,1-4H3;8-9H,6-7H2,1-5H3;4*9H,5-8H2,1-4H3;2*6-9H,4-5H2,1-3H3;7-8H,5-6H2,1-4H3;8H,5-7H2,1-4H3;7H,5-6H2,1-4H3;3H2,1-2H3/t10-;8-,9-;4*9-;2*7-,8-;;;;/m00101010..../s1. The van der Waals surface area contributed by atoms with Crippen molar-refractivity contribution in [3.8, 4) is 0 Å². The summed E-state index contributed by atoms with van der Waals surface area (Å²) in [5, 5.41) is 0. The molecule has 27 heteroatoms. The van der Waals surface area contributed by atoms with Crippen LogP contribution in [-0.4, -0.2) is 441 Å². The average Bonchev–Trinajstić information content (AvgIpc) is 1.68. The molecule has 9 heterocycles. The van der Waals surface area contributed by atoms with Crippen molar-refractivity contribution in [3.05, 3.63) is 0 Å². The van der Waals surface area contributed by atoms with Crippen molar-refractivity contribution < 1.29 is 69.3 Å². The first kappa shape index (κ1) is 134. The fourth-order valence-electron chi connectivity index (χ4n) is 15.3. The Kier molecular flexibility index (Phi) is 70.3. The number of likely N-dealkylation sites (N-methyl/N-ethyl adjacent to an activating group) is 7. The highest BCUT2D eigenvalue weighted by atomic mass is 19.3. The fraction of sp³-hybridized carbons (Fsp3) is 1.00. The van der Waals surface area contributed by atoms with E-state index < -0.39 is 30.4 Å². The van der Waals surface area contributed by atoms with Crippen LogP contribution in [0.3, 0.4) is 0 Å². The van der Waals surface area contributed by atoms with Gasteiger partial charge in [0.15, 0.2) is 0 Å². The van der Waals surface area contributed by atoms with Crippen LogP contribution in [0.15, 0.2) is 0 Å². The normalized spacial score (nSPS) is 25.4. The lowest BCUT2D eigenvalue weighted by Crippen LogP contribution is -2.59. The zero-order valence-electron chi connectivity index (χ0n) is 94.3. The lowest BCUT2D eigenvalue weighted by molar-refractivity contribution is -0.0676. The van der Waals surface area contributed by atoms with Crippen LogP contribution in [0.5, 0.6) is 0 Å². The minimum Gasteiger partial charge on any atom is -0.379 e. The van der Waals surface area contributed by atoms with E-state index in [4.69, 9.17) is 47.4 Å². The van der Waals surface area contributed by atoms with Crippen molar-refractivity contribution in [1.29, 1.82) is 0 Å². The third kappa shape index (κ3) is 76.2. The quantitative estimate of drug-likeness (QED) is 0.0543. The van der Waals surface area contributed by atoms with E-state index in [0.717, 1.165) is 96.2 Å². The number of hydrogen-bond donors (Lipinski definition) is 0. The lowest BCUT2D eigenvalue weighted by Gasteiger charge is -2.45. The van der Waals surface area contributed by atoms with E-state index in [0.29, 0.717) is 75.5 Å². The second-order valence-corrected chi connectivity index (χ2v) is 47.1. The number of halogens is 5. The molecule has 9 rings (SSSR count). The molecule has 9 saturated heterocycles. The zero-order chi connectivity index (χ0) is 102. The molecule has 22 nitrogen and oxygen atoms in total. The Morgan fingerprint density at radius 1 is 0.389 bits per heavy atom. The first-order chi connectivity index (χ1) is 59.9. The third-order valence-electron chi connectivity index (χ3n) is 22.8. The maximum atomic E-state index is 13.9. The molecular weight excluding hydrogens is 1670 g/mol. The van der Waals surface area contributed by atoms with Gasteiger partial charge in [-0.2, -0.15) is 0 Å². The van der Waals surface area contributed by atoms with Crippen LogP contribution in [0, 0.1) is 29.6 Å². The van der Waals surface area contributed by atoms with E-state index in [1.54, 1.807) is 0 Å². The Labute approximate surface area is 807 Å². The predicted molar refractivity (Wildman–Crippen MR) is 546 cm³/mol. The van der Waals surface area contributed by atoms with Gasteiger partial charge in [0.1, 0.15) is 5.67 Å². The Morgan fingerprint density at radius 2 is 0.748 bits per heavy atom. The van der Waals surface area contributed by atoms with Gasteiger partial charge >= 0.3 is 0 Å². The van der Waals surface area contributed by atoms with Gasteiger partial charge in [-0.3, -0.25) is 4.90 Å². The number of alkyl halides is 5. The Hall–Kier alpha value is -1.23. The summed E-state index contributed by atoms with van der Waals surface area (Å²) < 4.78 is 120. The number of nitrogens with zero attached hydrogens (tertiary/aromatic N) is 12. The molecule has 0 saturated carbocycles. The van der Waals surface area contributed by atoms with Crippen LogP contribution in [-0.2, 0) is 47.4 Å². The molecule has 0 aromatic heterocycles. The van der Waals surface area contributed by atoms with Gasteiger partial charge in [-0.1, -0.05) is 27.2 Å². The summed E-state index contributed by atoms with van der Waals surface area (Å²) in [6.45, 7) is 87.6. The molecule has 11 atom stereocenters. The van der Waals surface area contributed by atoms with Crippen LogP contribution in [0.2, 0.25) is 0 Å². The van der Waals surface area contributed by atoms with Crippen LogP contribution >= 0.6 is 0 Å². The molecule has 9 fully saturated rings. The topological polar surface area (TPSA) is 131 Å². The summed E-state index contributed by atoms with van der Waals surface area (Å²) in [7, 11) is 29.1. The first-order valence-electron chi connectivity index (χ1n) is 50.8. The molecule has 0 spiro atoms. The average molecular weight is 1890 g/mol. The van der Waals surface area contributed by atoms with Crippen molar-refractivity contribution in [2.24, 2.45) is 29.6 Å². The molecule has 0 bridgehead atoms. The molecule has 0 N–H and O–H groups in total. The Balaban J connectivity index is -0.00000137. The van der Waals surface area contributed by atoms with Crippen molar-refractivity contribution >= 4 is 0 Å². The van der Waals surface area contributed by atoms with Crippen LogP contribution in [0.25, 0.3) is 0 Å². The minimum atomic E-state index is -2.27. The summed E-state index contributed by atoms with van der Waals surface area (Å²) >= 11 is 0. The van der Waals surface area contributed by atoms with Gasteiger partial charge in [-0.05, 0) is 394 Å². The first-order valence-corrected chi connectivity index (χ1v) is 50.8. The lowest BCUT2D eigenvalue weighted by atomic mass is 10.1. The molecule has 0 amide bonds. The molecule has 9 aliphatic heterocycles. The molecule has 792 valence electrons. The van der Waals surface area contributed by atoms with Gasteiger partial charge in [-0.15, -0.1) is 0 Å². The minimum absolute atomic E-state index is 0.00407. The van der Waals surface area contributed by atoms with E-state index in [-0.39, 0.29) is 64.6 Å². The van der Waals surface area contributed by atoms with Gasteiger partial charge in [0, 0.05) is 116 Å². The van der Waals surface area contributed by atoms with Crippen molar-refractivity contribution in [1.82, 2.24) is 58.8 Å². The highest BCUT2D eigenvalue weighted by Gasteiger charge is 2.41. The molecule has 0 unspecified atom stereocenters. The molecule has 0 aromatic rings. The van der Waals surface area contributed by atoms with Crippen molar-refractivity contribution in [2.75, 3.05) is 263 Å². The maximum absolute atomic E-state index is 13.9.